The Bertz CT molecular complexity index is 677. The summed E-state index contributed by atoms with van der Waals surface area (Å²) in [4.78, 5) is 4.24. The van der Waals surface area contributed by atoms with Crippen LogP contribution in [-0.2, 0) is 9.84 Å². The Hall–Kier alpha value is -1.63. The van der Waals surface area contributed by atoms with E-state index in [1.807, 2.05) is 0 Å². The van der Waals surface area contributed by atoms with Gasteiger partial charge in [-0.2, -0.15) is 4.52 Å². The molecule has 0 radical (unpaired) electrons. The largest absolute Gasteiger partial charge is 0.384 e. The van der Waals surface area contributed by atoms with E-state index in [9.17, 15) is 8.42 Å². The van der Waals surface area contributed by atoms with Crippen LogP contribution in [0.5, 0.6) is 0 Å². The van der Waals surface area contributed by atoms with E-state index < -0.39 is 15.1 Å². The normalized spacial score (nSPS) is 23.2. The summed E-state index contributed by atoms with van der Waals surface area (Å²) in [5.74, 6) is 1.04. The van der Waals surface area contributed by atoms with Crippen LogP contribution in [0.4, 0.5) is 5.82 Å². The minimum absolute atomic E-state index is 0.225. The zero-order chi connectivity index (χ0) is 12.0. The second-order valence-electron chi connectivity index (χ2n) is 4.19. The molecule has 2 aromatic heterocycles. The highest BCUT2D eigenvalue weighted by Crippen LogP contribution is 2.32. The molecule has 90 valence electrons. The van der Waals surface area contributed by atoms with Gasteiger partial charge in [-0.1, -0.05) is 6.07 Å². The molecule has 1 saturated heterocycles. The summed E-state index contributed by atoms with van der Waals surface area (Å²) in [5, 5.41) is 3.62. The number of fused-ring (bicyclic) bond motifs is 1. The molecule has 0 bridgehead atoms. The molecule has 2 N–H and O–H groups in total. The zero-order valence-corrected chi connectivity index (χ0v) is 9.89. The van der Waals surface area contributed by atoms with E-state index in [1.54, 1.807) is 18.2 Å². The third-order valence-electron chi connectivity index (χ3n) is 3.02. The molecule has 0 amide bonds. The number of rotatable bonds is 1. The van der Waals surface area contributed by atoms with E-state index in [0.29, 0.717) is 30.1 Å². The summed E-state index contributed by atoms with van der Waals surface area (Å²) in [6.07, 6.45) is 1.27. The van der Waals surface area contributed by atoms with Gasteiger partial charge in [-0.15, -0.1) is 5.10 Å². The summed E-state index contributed by atoms with van der Waals surface area (Å²) in [5.41, 5.74) is 6.33. The maximum Gasteiger partial charge on any atom is 0.169 e. The molecule has 7 heteroatoms. The van der Waals surface area contributed by atoms with Crippen molar-refractivity contribution < 1.29 is 8.42 Å². The number of sulfone groups is 1. The average Bonchev–Trinajstić information content (AvgIpc) is 2.81. The Labute approximate surface area is 98.4 Å². The van der Waals surface area contributed by atoms with Gasteiger partial charge < -0.3 is 5.73 Å². The second kappa shape index (κ2) is 3.43. The topological polar surface area (TPSA) is 90.3 Å². The Balaban J connectivity index is 2.16. The molecule has 1 atom stereocenters. The number of pyridine rings is 1. The molecule has 1 aliphatic heterocycles. The molecule has 1 aliphatic rings. The first-order chi connectivity index (χ1) is 8.08. The van der Waals surface area contributed by atoms with Crippen molar-refractivity contribution in [2.75, 3.05) is 11.5 Å². The van der Waals surface area contributed by atoms with Gasteiger partial charge in [0.15, 0.2) is 21.3 Å². The number of hydrogen-bond donors (Lipinski definition) is 1. The number of aromatic nitrogens is 3. The van der Waals surface area contributed by atoms with E-state index in [0.717, 1.165) is 0 Å². The van der Waals surface area contributed by atoms with Gasteiger partial charge in [0.05, 0.1) is 5.75 Å². The summed E-state index contributed by atoms with van der Waals surface area (Å²) >= 11 is 0. The minimum atomic E-state index is -3.08. The third-order valence-corrected chi connectivity index (χ3v) is 5.19. The summed E-state index contributed by atoms with van der Waals surface area (Å²) in [6.45, 7) is 0. The SMILES string of the molecule is Nc1cccc2nc(C3CCCS3(=O)=O)nn12. The van der Waals surface area contributed by atoms with Crippen molar-refractivity contribution in [2.45, 2.75) is 18.1 Å². The van der Waals surface area contributed by atoms with Gasteiger partial charge in [-0.25, -0.2) is 13.4 Å². The third kappa shape index (κ3) is 1.57. The van der Waals surface area contributed by atoms with E-state index in [-0.39, 0.29) is 5.75 Å². The van der Waals surface area contributed by atoms with Crippen LogP contribution in [0.25, 0.3) is 5.65 Å². The molecule has 1 fully saturated rings. The highest BCUT2D eigenvalue weighted by molar-refractivity contribution is 7.91. The first kappa shape index (κ1) is 10.5. The Morgan fingerprint density at radius 3 is 2.88 bits per heavy atom. The Morgan fingerprint density at radius 2 is 2.24 bits per heavy atom. The summed E-state index contributed by atoms with van der Waals surface area (Å²) < 4.78 is 25.1. The lowest BCUT2D eigenvalue weighted by molar-refractivity contribution is 0.588. The molecule has 3 rings (SSSR count). The van der Waals surface area contributed by atoms with Crippen molar-refractivity contribution >= 4 is 21.3 Å². The monoisotopic (exact) mass is 252 g/mol. The predicted molar refractivity (Wildman–Crippen MR) is 63.2 cm³/mol. The molecule has 0 saturated carbocycles. The zero-order valence-electron chi connectivity index (χ0n) is 9.07. The van der Waals surface area contributed by atoms with Gasteiger partial charge in [0, 0.05) is 0 Å². The van der Waals surface area contributed by atoms with Gasteiger partial charge in [0.2, 0.25) is 0 Å². The fourth-order valence-electron chi connectivity index (χ4n) is 2.16. The van der Waals surface area contributed by atoms with Crippen LogP contribution >= 0.6 is 0 Å². The van der Waals surface area contributed by atoms with Crippen molar-refractivity contribution in [3.8, 4) is 0 Å². The van der Waals surface area contributed by atoms with Crippen LogP contribution < -0.4 is 5.73 Å². The first-order valence-electron chi connectivity index (χ1n) is 5.41. The summed E-state index contributed by atoms with van der Waals surface area (Å²) in [7, 11) is -3.08. The molecule has 3 heterocycles. The van der Waals surface area contributed by atoms with Crippen LogP contribution in [0, 0.1) is 0 Å². The second-order valence-corrected chi connectivity index (χ2v) is 6.49. The number of nitrogen functional groups attached to an aromatic ring is 1. The van der Waals surface area contributed by atoms with E-state index in [4.69, 9.17) is 5.73 Å². The van der Waals surface area contributed by atoms with Gasteiger partial charge in [-0.05, 0) is 25.0 Å². The minimum Gasteiger partial charge on any atom is -0.384 e. The van der Waals surface area contributed by atoms with E-state index in [2.05, 4.69) is 10.1 Å². The van der Waals surface area contributed by atoms with Gasteiger partial charge >= 0.3 is 0 Å². The lowest BCUT2D eigenvalue weighted by atomic mass is 10.2. The number of nitrogens with two attached hydrogens (primary N) is 1. The van der Waals surface area contributed by atoms with Crippen LogP contribution in [0.15, 0.2) is 18.2 Å². The number of anilines is 1. The van der Waals surface area contributed by atoms with Crippen LogP contribution in [0.3, 0.4) is 0 Å². The molecule has 17 heavy (non-hydrogen) atoms. The van der Waals surface area contributed by atoms with E-state index >= 15 is 0 Å². The standard InChI is InChI=1S/C10H12N4O2S/c11-8-4-1-5-9-12-10(13-14(8)9)7-3-2-6-17(7,15)16/h1,4-5,7H,2-3,6,11H2. The lowest BCUT2D eigenvalue weighted by Gasteiger charge is -2.02. The molecular formula is C10H12N4O2S. The predicted octanol–water partition coefficient (Wildman–Crippen LogP) is 0.561. The molecule has 0 spiro atoms. The molecule has 0 aliphatic carbocycles. The number of hydrogen-bond acceptors (Lipinski definition) is 5. The quantitative estimate of drug-likeness (QED) is 0.801. The van der Waals surface area contributed by atoms with Crippen molar-refractivity contribution in [1.29, 1.82) is 0 Å². The molecule has 6 nitrogen and oxygen atoms in total. The van der Waals surface area contributed by atoms with E-state index in [1.165, 1.54) is 4.52 Å². The van der Waals surface area contributed by atoms with Crippen LogP contribution in [-0.4, -0.2) is 28.8 Å². The molecule has 2 aromatic rings. The molecule has 1 unspecified atom stereocenters. The van der Waals surface area contributed by atoms with Crippen LogP contribution in [0.1, 0.15) is 23.9 Å². The van der Waals surface area contributed by atoms with Gasteiger partial charge in [0.1, 0.15) is 11.1 Å². The smallest absolute Gasteiger partial charge is 0.169 e. The van der Waals surface area contributed by atoms with Crippen molar-refractivity contribution in [2.24, 2.45) is 0 Å². The maximum absolute atomic E-state index is 11.8. The lowest BCUT2D eigenvalue weighted by Crippen LogP contribution is -2.09. The first-order valence-corrected chi connectivity index (χ1v) is 7.12. The number of nitrogens with zero attached hydrogens (tertiary/aromatic N) is 3. The fourth-order valence-corrected chi connectivity index (χ4v) is 3.96. The Morgan fingerprint density at radius 1 is 1.41 bits per heavy atom. The Kier molecular flexibility index (Phi) is 2.12. The van der Waals surface area contributed by atoms with Gasteiger partial charge in [0.25, 0.3) is 0 Å². The highest BCUT2D eigenvalue weighted by Gasteiger charge is 2.35. The molecule has 0 aromatic carbocycles. The van der Waals surface area contributed by atoms with Crippen molar-refractivity contribution in [1.82, 2.24) is 14.6 Å². The van der Waals surface area contributed by atoms with Gasteiger partial charge in [-0.3, -0.25) is 0 Å². The molecular weight excluding hydrogens is 240 g/mol. The summed E-state index contributed by atoms with van der Waals surface area (Å²) in [6, 6.07) is 5.23. The highest BCUT2D eigenvalue weighted by atomic mass is 32.2. The average molecular weight is 252 g/mol. The maximum atomic E-state index is 11.8. The van der Waals surface area contributed by atoms with Crippen LogP contribution in [0.2, 0.25) is 0 Å². The van der Waals surface area contributed by atoms with Crippen molar-refractivity contribution in [3.63, 3.8) is 0 Å². The fraction of sp³-hybridized carbons (Fsp3) is 0.400. The van der Waals surface area contributed by atoms with Crippen molar-refractivity contribution in [3.05, 3.63) is 24.0 Å².